The van der Waals surface area contributed by atoms with E-state index in [1.807, 2.05) is 43.3 Å². The Balaban J connectivity index is 2.40. The van der Waals surface area contributed by atoms with Gasteiger partial charge in [0.05, 0.1) is 18.5 Å². The number of anilines is 1. The average Bonchev–Trinajstić information content (AvgIpc) is 2.38. The number of hydrogen-bond acceptors (Lipinski definition) is 2. The summed E-state index contributed by atoms with van der Waals surface area (Å²) in [5, 5.41) is 0.635. The topological polar surface area (TPSA) is 37.4 Å². The fraction of sp³-hybridized carbons (Fsp3) is 0.200. The molecule has 2 aromatic carbocycles. The van der Waals surface area contributed by atoms with Crippen LogP contribution in [0.4, 0.5) is 5.69 Å². The third-order valence-corrected chi connectivity index (χ3v) is 4.40. The van der Waals surface area contributed by atoms with E-state index < -0.39 is 10.0 Å². The molecule has 0 aliphatic carbocycles. The molecule has 20 heavy (non-hydrogen) atoms. The minimum absolute atomic E-state index is 0.293. The van der Waals surface area contributed by atoms with Crippen molar-refractivity contribution in [2.45, 2.75) is 13.5 Å². The fourth-order valence-corrected chi connectivity index (χ4v) is 3.05. The maximum Gasteiger partial charge on any atom is 0.232 e. The lowest BCUT2D eigenvalue weighted by atomic mass is 10.2. The lowest BCUT2D eigenvalue weighted by Gasteiger charge is -2.24. The van der Waals surface area contributed by atoms with Crippen LogP contribution in [0.1, 0.15) is 11.1 Å². The van der Waals surface area contributed by atoms with Gasteiger partial charge in [-0.1, -0.05) is 41.9 Å². The van der Waals surface area contributed by atoms with Crippen molar-refractivity contribution < 1.29 is 8.42 Å². The van der Waals surface area contributed by atoms with Gasteiger partial charge in [0, 0.05) is 5.02 Å². The quantitative estimate of drug-likeness (QED) is 0.865. The van der Waals surface area contributed by atoms with Crippen molar-refractivity contribution in [2.75, 3.05) is 10.6 Å². The molecule has 0 fully saturated rings. The molecule has 0 radical (unpaired) electrons. The molecule has 0 heterocycles. The highest BCUT2D eigenvalue weighted by Gasteiger charge is 2.19. The molecule has 0 aromatic heterocycles. The van der Waals surface area contributed by atoms with E-state index in [9.17, 15) is 8.42 Å². The molecule has 0 spiro atoms. The van der Waals surface area contributed by atoms with E-state index in [4.69, 9.17) is 11.6 Å². The van der Waals surface area contributed by atoms with Gasteiger partial charge in [-0.3, -0.25) is 4.31 Å². The summed E-state index contributed by atoms with van der Waals surface area (Å²) in [6.45, 7) is 2.19. The van der Waals surface area contributed by atoms with Gasteiger partial charge >= 0.3 is 0 Å². The minimum Gasteiger partial charge on any atom is -0.266 e. The van der Waals surface area contributed by atoms with Crippen molar-refractivity contribution in [3.63, 3.8) is 0 Å². The van der Waals surface area contributed by atoms with Gasteiger partial charge in [-0.2, -0.15) is 0 Å². The molecule has 5 heteroatoms. The zero-order valence-corrected chi connectivity index (χ0v) is 12.9. The Morgan fingerprint density at radius 2 is 1.65 bits per heavy atom. The van der Waals surface area contributed by atoms with Gasteiger partial charge in [0.15, 0.2) is 0 Å². The van der Waals surface area contributed by atoms with Crippen LogP contribution < -0.4 is 4.31 Å². The molecular formula is C15H16ClNO2S. The highest BCUT2D eigenvalue weighted by molar-refractivity contribution is 7.92. The summed E-state index contributed by atoms with van der Waals surface area (Å²) in [4.78, 5) is 0. The van der Waals surface area contributed by atoms with Crippen LogP contribution in [0.15, 0.2) is 48.5 Å². The lowest BCUT2D eigenvalue weighted by molar-refractivity contribution is 0.596. The lowest BCUT2D eigenvalue weighted by Crippen LogP contribution is -2.29. The van der Waals surface area contributed by atoms with E-state index in [0.717, 1.165) is 11.1 Å². The number of sulfonamides is 1. The van der Waals surface area contributed by atoms with Crippen LogP contribution in [-0.2, 0) is 16.6 Å². The number of aryl methyl sites for hydroxylation is 1. The molecule has 2 rings (SSSR count). The van der Waals surface area contributed by atoms with Crippen molar-refractivity contribution in [3.8, 4) is 0 Å². The molecule has 3 nitrogen and oxygen atoms in total. The number of hydrogen-bond donors (Lipinski definition) is 0. The van der Waals surface area contributed by atoms with Crippen LogP contribution in [0, 0.1) is 6.92 Å². The van der Waals surface area contributed by atoms with Gasteiger partial charge in [-0.25, -0.2) is 8.42 Å². The second-order valence-electron chi connectivity index (χ2n) is 4.68. The first kappa shape index (κ1) is 14.9. The highest BCUT2D eigenvalue weighted by Crippen LogP contribution is 2.24. The fourth-order valence-electron chi connectivity index (χ4n) is 1.98. The smallest absolute Gasteiger partial charge is 0.232 e. The Morgan fingerprint density at radius 3 is 2.20 bits per heavy atom. The molecule has 0 saturated heterocycles. The van der Waals surface area contributed by atoms with Crippen molar-refractivity contribution in [3.05, 3.63) is 64.7 Å². The van der Waals surface area contributed by atoms with E-state index in [-0.39, 0.29) is 0 Å². The molecule has 0 saturated carbocycles. The van der Waals surface area contributed by atoms with Crippen LogP contribution >= 0.6 is 11.6 Å². The monoisotopic (exact) mass is 309 g/mol. The molecule has 0 aliphatic heterocycles. The summed E-state index contributed by atoms with van der Waals surface area (Å²) in [6.07, 6.45) is 1.22. The number of para-hydroxylation sites is 1. The first-order valence-electron chi connectivity index (χ1n) is 6.16. The normalized spacial score (nSPS) is 11.3. The van der Waals surface area contributed by atoms with Crippen molar-refractivity contribution in [1.82, 2.24) is 0 Å². The Kier molecular flexibility index (Phi) is 4.35. The minimum atomic E-state index is -3.35. The Labute approximate surface area is 124 Å². The van der Waals surface area contributed by atoms with Gasteiger partial charge in [0.2, 0.25) is 10.0 Å². The van der Waals surface area contributed by atoms with Crippen molar-refractivity contribution in [1.29, 1.82) is 0 Å². The van der Waals surface area contributed by atoms with E-state index in [0.29, 0.717) is 17.3 Å². The molecule has 106 valence electrons. The maximum absolute atomic E-state index is 12.1. The zero-order chi connectivity index (χ0) is 14.8. The molecule has 0 atom stereocenters. The molecule has 0 aliphatic rings. The summed E-state index contributed by atoms with van der Waals surface area (Å²) in [5.41, 5.74) is 2.51. The summed E-state index contributed by atoms with van der Waals surface area (Å²) < 4.78 is 25.5. The molecule has 0 amide bonds. The number of benzene rings is 2. The van der Waals surface area contributed by atoms with Crippen molar-refractivity contribution in [2.24, 2.45) is 0 Å². The van der Waals surface area contributed by atoms with Gasteiger partial charge < -0.3 is 0 Å². The van der Waals surface area contributed by atoms with Gasteiger partial charge in [-0.05, 0) is 36.2 Å². The van der Waals surface area contributed by atoms with Crippen LogP contribution in [0.25, 0.3) is 0 Å². The maximum atomic E-state index is 12.1. The summed E-state index contributed by atoms with van der Waals surface area (Å²) in [5.74, 6) is 0. The second kappa shape index (κ2) is 5.85. The Hall–Kier alpha value is -1.52. The molecule has 0 bridgehead atoms. The Morgan fingerprint density at radius 1 is 1.05 bits per heavy atom. The van der Waals surface area contributed by atoms with E-state index >= 15 is 0 Å². The van der Waals surface area contributed by atoms with Crippen LogP contribution in [0.2, 0.25) is 5.02 Å². The number of nitrogens with zero attached hydrogens (tertiary/aromatic N) is 1. The molecule has 0 N–H and O–H groups in total. The van der Waals surface area contributed by atoms with Crippen LogP contribution in [-0.4, -0.2) is 14.7 Å². The highest BCUT2D eigenvalue weighted by atomic mass is 35.5. The van der Waals surface area contributed by atoms with Gasteiger partial charge in [0.25, 0.3) is 0 Å². The average molecular weight is 310 g/mol. The SMILES string of the molecule is Cc1ccccc1N(Cc1ccc(Cl)cc1)S(C)(=O)=O. The predicted octanol–water partition coefficient (Wildman–Crippen LogP) is 3.61. The Bertz CT molecular complexity index is 696. The van der Waals surface area contributed by atoms with Crippen molar-refractivity contribution >= 4 is 27.3 Å². The first-order valence-corrected chi connectivity index (χ1v) is 8.38. The van der Waals surface area contributed by atoms with Gasteiger partial charge in [-0.15, -0.1) is 0 Å². The zero-order valence-electron chi connectivity index (χ0n) is 11.4. The number of halogens is 1. The largest absolute Gasteiger partial charge is 0.266 e. The predicted molar refractivity (Wildman–Crippen MR) is 83.7 cm³/mol. The standard InChI is InChI=1S/C15H16ClNO2S/c1-12-5-3-4-6-15(12)17(20(2,18)19)11-13-7-9-14(16)10-8-13/h3-10H,11H2,1-2H3. The second-order valence-corrected chi connectivity index (χ2v) is 7.03. The van der Waals surface area contributed by atoms with E-state index in [1.165, 1.54) is 10.6 Å². The van der Waals surface area contributed by atoms with Gasteiger partial charge in [0.1, 0.15) is 0 Å². The third-order valence-electron chi connectivity index (χ3n) is 3.02. The molecule has 2 aromatic rings. The summed E-state index contributed by atoms with van der Waals surface area (Å²) in [6, 6.07) is 14.6. The first-order chi connectivity index (χ1) is 9.38. The molecule has 0 unspecified atom stereocenters. The van der Waals surface area contributed by atoms with E-state index in [2.05, 4.69) is 0 Å². The summed E-state index contributed by atoms with van der Waals surface area (Å²) in [7, 11) is -3.35. The number of rotatable bonds is 4. The van der Waals surface area contributed by atoms with E-state index in [1.54, 1.807) is 12.1 Å². The third kappa shape index (κ3) is 3.52. The summed E-state index contributed by atoms with van der Waals surface area (Å²) >= 11 is 5.85. The van der Waals surface area contributed by atoms with Crippen LogP contribution in [0.3, 0.4) is 0 Å². The molecular weight excluding hydrogens is 294 g/mol. The van der Waals surface area contributed by atoms with Crippen LogP contribution in [0.5, 0.6) is 0 Å².